The van der Waals surface area contributed by atoms with Gasteiger partial charge in [-0.2, -0.15) is 0 Å². The number of benzene rings is 1. The average Bonchev–Trinajstić information content (AvgIpc) is 2.54. The number of hydrogen-bond donors (Lipinski definition) is 1. The third-order valence-corrected chi connectivity index (χ3v) is 3.78. The van der Waals surface area contributed by atoms with Gasteiger partial charge < -0.3 is 10.2 Å². The van der Waals surface area contributed by atoms with Gasteiger partial charge in [-0.3, -0.25) is 14.5 Å². The Morgan fingerprint density at radius 1 is 1.09 bits per heavy atom. The summed E-state index contributed by atoms with van der Waals surface area (Å²) in [6, 6.07) is 1.74. The number of nitrogens with zero attached hydrogens (tertiary/aromatic N) is 2. The van der Waals surface area contributed by atoms with Crippen LogP contribution in [-0.2, 0) is 9.59 Å². The van der Waals surface area contributed by atoms with Crippen LogP contribution in [0.2, 0.25) is 0 Å². The molecule has 1 heterocycles. The van der Waals surface area contributed by atoms with Crippen molar-refractivity contribution >= 4 is 17.5 Å². The second-order valence-corrected chi connectivity index (χ2v) is 5.37. The van der Waals surface area contributed by atoms with Crippen molar-refractivity contribution in [3.8, 4) is 0 Å². The second kappa shape index (κ2) is 7.45. The Balaban J connectivity index is 1.80. The first-order valence-electron chi connectivity index (χ1n) is 7.29. The Bertz CT molecular complexity index is 602. The number of piperazine rings is 1. The maximum absolute atomic E-state index is 13.5. The van der Waals surface area contributed by atoms with Gasteiger partial charge in [0, 0.05) is 46.1 Å². The van der Waals surface area contributed by atoms with Crippen LogP contribution in [-0.4, -0.2) is 54.3 Å². The van der Waals surface area contributed by atoms with E-state index in [9.17, 15) is 22.8 Å². The number of carbonyl (C=O) groups excluding carboxylic acids is 2. The smallest absolute Gasteiger partial charge is 0.225 e. The molecule has 1 aliphatic rings. The van der Waals surface area contributed by atoms with Crippen molar-refractivity contribution in [3.05, 3.63) is 29.6 Å². The summed E-state index contributed by atoms with van der Waals surface area (Å²) in [5.74, 6) is -4.78. The van der Waals surface area contributed by atoms with Gasteiger partial charge >= 0.3 is 0 Å². The van der Waals surface area contributed by atoms with Crippen LogP contribution in [0.1, 0.15) is 13.3 Å². The molecule has 0 atom stereocenters. The number of amides is 2. The molecule has 0 aromatic heterocycles. The third kappa shape index (κ3) is 4.44. The molecule has 8 heteroatoms. The van der Waals surface area contributed by atoms with Gasteiger partial charge in [0.2, 0.25) is 11.8 Å². The van der Waals surface area contributed by atoms with Gasteiger partial charge in [0.15, 0.2) is 17.5 Å². The van der Waals surface area contributed by atoms with Crippen molar-refractivity contribution in [3.63, 3.8) is 0 Å². The highest BCUT2D eigenvalue weighted by Gasteiger charge is 2.19. The zero-order valence-electron chi connectivity index (χ0n) is 12.7. The third-order valence-electron chi connectivity index (χ3n) is 3.78. The molecule has 2 rings (SSSR count). The fourth-order valence-corrected chi connectivity index (χ4v) is 2.38. The highest BCUT2D eigenvalue weighted by Crippen LogP contribution is 2.19. The monoisotopic (exact) mass is 329 g/mol. The number of carbonyl (C=O) groups is 2. The van der Waals surface area contributed by atoms with E-state index in [1.165, 1.54) is 6.92 Å². The summed E-state index contributed by atoms with van der Waals surface area (Å²) in [5.41, 5.74) is -0.379. The lowest BCUT2D eigenvalue weighted by molar-refractivity contribution is -0.130. The minimum Gasteiger partial charge on any atom is -0.340 e. The van der Waals surface area contributed by atoms with Crippen molar-refractivity contribution in [1.82, 2.24) is 9.80 Å². The summed E-state index contributed by atoms with van der Waals surface area (Å²) in [6.45, 7) is 4.49. The molecule has 1 aliphatic heterocycles. The molecule has 0 spiro atoms. The lowest BCUT2D eigenvalue weighted by atomic mass is 10.2. The van der Waals surface area contributed by atoms with Gasteiger partial charge in [0.25, 0.3) is 0 Å². The lowest BCUT2D eigenvalue weighted by Crippen LogP contribution is -2.48. The molecule has 0 radical (unpaired) electrons. The Hall–Kier alpha value is -2.09. The van der Waals surface area contributed by atoms with Crippen LogP contribution in [0.25, 0.3) is 0 Å². The fraction of sp³-hybridized carbons (Fsp3) is 0.467. The highest BCUT2D eigenvalue weighted by molar-refractivity contribution is 5.90. The Morgan fingerprint density at radius 2 is 1.74 bits per heavy atom. The molecule has 1 aromatic carbocycles. The molecule has 126 valence electrons. The van der Waals surface area contributed by atoms with E-state index in [0.29, 0.717) is 32.7 Å². The van der Waals surface area contributed by atoms with Crippen molar-refractivity contribution in [2.24, 2.45) is 0 Å². The molecule has 0 bridgehead atoms. The maximum Gasteiger partial charge on any atom is 0.225 e. The lowest BCUT2D eigenvalue weighted by Gasteiger charge is -2.34. The van der Waals surface area contributed by atoms with Gasteiger partial charge in [-0.25, -0.2) is 13.2 Å². The SMILES string of the molecule is CC(=O)N1CCN(CCC(=O)Nc2ccc(F)c(F)c2F)CC1. The van der Waals surface area contributed by atoms with Crippen LogP contribution in [0.4, 0.5) is 18.9 Å². The van der Waals surface area contributed by atoms with Crippen LogP contribution < -0.4 is 5.32 Å². The largest absolute Gasteiger partial charge is 0.340 e. The molecule has 1 aromatic rings. The normalized spacial score (nSPS) is 15.6. The summed E-state index contributed by atoms with van der Waals surface area (Å²) < 4.78 is 39.4. The quantitative estimate of drug-likeness (QED) is 0.854. The van der Waals surface area contributed by atoms with E-state index >= 15 is 0 Å². The Morgan fingerprint density at radius 3 is 2.35 bits per heavy atom. The molecule has 1 saturated heterocycles. The van der Waals surface area contributed by atoms with Crippen LogP contribution in [0, 0.1) is 17.5 Å². The van der Waals surface area contributed by atoms with E-state index in [4.69, 9.17) is 0 Å². The van der Waals surface area contributed by atoms with Gasteiger partial charge in [-0.05, 0) is 12.1 Å². The number of halogens is 3. The van der Waals surface area contributed by atoms with E-state index in [0.717, 1.165) is 12.1 Å². The van der Waals surface area contributed by atoms with E-state index in [1.807, 2.05) is 4.90 Å². The van der Waals surface area contributed by atoms with Crippen LogP contribution in [0.5, 0.6) is 0 Å². The molecule has 5 nitrogen and oxygen atoms in total. The number of hydrogen-bond acceptors (Lipinski definition) is 3. The summed E-state index contributed by atoms with van der Waals surface area (Å²) >= 11 is 0. The summed E-state index contributed by atoms with van der Waals surface area (Å²) in [5, 5.41) is 2.23. The fourth-order valence-electron chi connectivity index (χ4n) is 2.38. The molecular weight excluding hydrogens is 311 g/mol. The zero-order valence-corrected chi connectivity index (χ0v) is 12.7. The van der Waals surface area contributed by atoms with E-state index < -0.39 is 23.4 Å². The number of nitrogens with one attached hydrogen (secondary N) is 1. The zero-order chi connectivity index (χ0) is 17.0. The minimum absolute atomic E-state index is 0.0243. The highest BCUT2D eigenvalue weighted by atomic mass is 19.2. The van der Waals surface area contributed by atoms with Crippen molar-refractivity contribution in [2.45, 2.75) is 13.3 Å². The van der Waals surface area contributed by atoms with Crippen molar-refractivity contribution in [1.29, 1.82) is 0 Å². The van der Waals surface area contributed by atoms with Crippen LogP contribution >= 0.6 is 0 Å². The first-order chi connectivity index (χ1) is 10.9. The molecule has 23 heavy (non-hydrogen) atoms. The number of anilines is 1. The Kier molecular flexibility index (Phi) is 5.59. The van der Waals surface area contributed by atoms with E-state index in [-0.39, 0.29) is 18.0 Å². The summed E-state index contributed by atoms with van der Waals surface area (Å²) in [4.78, 5) is 26.7. The molecule has 1 fully saturated rings. The van der Waals surface area contributed by atoms with Crippen LogP contribution in [0.3, 0.4) is 0 Å². The second-order valence-electron chi connectivity index (χ2n) is 5.37. The first kappa shape index (κ1) is 17.3. The van der Waals surface area contributed by atoms with E-state index in [2.05, 4.69) is 5.32 Å². The van der Waals surface area contributed by atoms with Gasteiger partial charge in [-0.1, -0.05) is 0 Å². The predicted molar refractivity (Wildman–Crippen MR) is 78.3 cm³/mol. The van der Waals surface area contributed by atoms with E-state index in [1.54, 1.807) is 4.90 Å². The predicted octanol–water partition coefficient (Wildman–Crippen LogP) is 1.60. The van der Waals surface area contributed by atoms with Crippen molar-refractivity contribution < 1.29 is 22.8 Å². The minimum atomic E-state index is -1.61. The van der Waals surface area contributed by atoms with Crippen molar-refractivity contribution in [2.75, 3.05) is 38.0 Å². The number of rotatable bonds is 4. The topological polar surface area (TPSA) is 52.7 Å². The maximum atomic E-state index is 13.5. The molecule has 0 aliphatic carbocycles. The molecular formula is C15H18F3N3O2. The molecule has 1 N–H and O–H groups in total. The van der Waals surface area contributed by atoms with Gasteiger partial charge in [0.1, 0.15) is 0 Å². The summed E-state index contributed by atoms with van der Waals surface area (Å²) in [6.07, 6.45) is 0.0957. The van der Waals surface area contributed by atoms with Crippen LogP contribution in [0.15, 0.2) is 12.1 Å². The van der Waals surface area contributed by atoms with Gasteiger partial charge in [-0.15, -0.1) is 0 Å². The summed E-state index contributed by atoms with van der Waals surface area (Å²) in [7, 11) is 0. The molecule has 0 saturated carbocycles. The standard InChI is InChI=1S/C15H18F3N3O2/c1-10(22)21-8-6-20(7-9-21)5-4-13(23)19-12-3-2-11(16)14(17)15(12)18/h2-3H,4-9H2,1H3,(H,19,23). The Labute approximate surface area is 132 Å². The average molecular weight is 329 g/mol. The first-order valence-corrected chi connectivity index (χ1v) is 7.29. The molecule has 2 amide bonds. The van der Waals surface area contributed by atoms with Gasteiger partial charge in [0.05, 0.1) is 5.69 Å². The molecule has 0 unspecified atom stereocenters.